The first-order chi connectivity index (χ1) is 8.86. The molecule has 0 aliphatic carbocycles. The van der Waals surface area contributed by atoms with Gasteiger partial charge in [0.1, 0.15) is 0 Å². The van der Waals surface area contributed by atoms with Gasteiger partial charge < -0.3 is 21.5 Å². The second-order valence-electron chi connectivity index (χ2n) is 4.70. The highest BCUT2D eigenvalue weighted by Crippen LogP contribution is 1.94. The smallest absolute Gasteiger partial charge is 0.0558 e. The molecule has 0 saturated carbocycles. The molecular formula is C12H29N5O. The van der Waals surface area contributed by atoms with Gasteiger partial charge in [-0.3, -0.25) is 9.80 Å². The molecule has 0 bridgehead atoms. The average Bonchev–Trinajstić information content (AvgIpc) is 2.42. The van der Waals surface area contributed by atoms with Crippen LogP contribution in [-0.2, 0) is 0 Å². The lowest BCUT2D eigenvalue weighted by molar-refractivity contribution is 0.161. The number of piperazine rings is 1. The Bertz CT molecular complexity index is 187. The SMILES string of the molecule is NCCNCCN(CCO)CCN1CCNCC1. The molecule has 1 rings (SSSR count). The van der Waals surface area contributed by atoms with Crippen molar-refractivity contribution in [1.29, 1.82) is 0 Å². The number of aliphatic hydroxyl groups is 1. The molecule has 1 aliphatic rings. The maximum Gasteiger partial charge on any atom is 0.0558 e. The maximum absolute atomic E-state index is 9.07. The fourth-order valence-corrected chi connectivity index (χ4v) is 2.16. The molecule has 1 heterocycles. The van der Waals surface area contributed by atoms with E-state index in [1.54, 1.807) is 0 Å². The summed E-state index contributed by atoms with van der Waals surface area (Å²) in [5.74, 6) is 0. The Balaban J connectivity index is 2.11. The molecule has 1 fully saturated rings. The van der Waals surface area contributed by atoms with Gasteiger partial charge >= 0.3 is 0 Å². The number of nitrogens with one attached hydrogen (secondary N) is 2. The van der Waals surface area contributed by atoms with Crippen LogP contribution in [0.3, 0.4) is 0 Å². The van der Waals surface area contributed by atoms with Crippen LogP contribution in [0.15, 0.2) is 0 Å². The predicted octanol–water partition coefficient (Wildman–Crippen LogP) is -2.27. The van der Waals surface area contributed by atoms with E-state index >= 15 is 0 Å². The Hall–Kier alpha value is -0.240. The van der Waals surface area contributed by atoms with E-state index in [4.69, 9.17) is 10.8 Å². The molecular weight excluding hydrogens is 230 g/mol. The third-order valence-electron chi connectivity index (χ3n) is 3.28. The summed E-state index contributed by atoms with van der Waals surface area (Å²) in [5, 5.41) is 15.7. The molecule has 0 amide bonds. The third-order valence-corrected chi connectivity index (χ3v) is 3.28. The normalized spacial score (nSPS) is 17.5. The zero-order valence-corrected chi connectivity index (χ0v) is 11.4. The topological polar surface area (TPSA) is 76.8 Å². The van der Waals surface area contributed by atoms with E-state index in [1.165, 1.54) is 0 Å². The second kappa shape index (κ2) is 10.7. The van der Waals surface area contributed by atoms with Crippen molar-refractivity contribution in [3.63, 3.8) is 0 Å². The van der Waals surface area contributed by atoms with E-state index in [0.29, 0.717) is 6.54 Å². The van der Waals surface area contributed by atoms with Crippen LogP contribution < -0.4 is 16.4 Å². The Morgan fingerprint density at radius 1 is 1.17 bits per heavy atom. The van der Waals surface area contributed by atoms with E-state index in [2.05, 4.69) is 20.4 Å². The fourth-order valence-electron chi connectivity index (χ4n) is 2.16. The van der Waals surface area contributed by atoms with Gasteiger partial charge in [0.05, 0.1) is 6.61 Å². The van der Waals surface area contributed by atoms with Crippen LogP contribution in [0.4, 0.5) is 0 Å². The lowest BCUT2D eigenvalue weighted by Crippen LogP contribution is -2.47. The zero-order chi connectivity index (χ0) is 13.1. The summed E-state index contributed by atoms with van der Waals surface area (Å²) in [6.07, 6.45) is 0. The predicted molar refractivity (Wildman–Crippen MR) is 74.8 cm³/mol. The minimum atomic E-state index is 0.235. The fraction of sp³-hybridized carbons (Fsp3) is 1.00. The van der Waals surface area contributed by atoms with Crippen molar-refractivity contribution in [3.8, 4) is 0 Å². The van der Waals surface area contributed by atoms with Crippen molar-refractivity contribution in [2.24, 2.45) is 5.73 Å². The molecule has 18 heavy (non-hydrogen) atoms. The van der Waals surface area contributed by atoms with Crippen molar-refractivity contribution in [2.45, 2.75) is 0 Å². The highest BCUT2D eigenvalue weighted by Gasteiger charge is 2.11. The lowest BCUT2D eigenvalue weighted by Gasteiger charge is -2.30. The monoisotopic (exact) mass is 259 g/mol. The van der Waals surface area contributed by atoms with Gasteiger partial charge in [-0.2, -0.15) is 0 Å². The van der Waals surface area contributed by atoms with Gasteiger partial charge in [0, 0.05) is 72.0 Å². The molecule has 6 nitrogen and oxygen atoms in total. The van der Waals surface area contributed by atoms with Gasteiger partial charge in [-0.15, -0.1) is 0 Å². The van der Waals surface area contributed by atoms with Crippen LogP contribution in [0.1, 0.15) is 0 Å². The molecule has 0 aromatic carbocycles. The van der Waals surface area contributed by atoms with Crippen LogP contribution in [0.2, 0.25) is 0 Å². The molecule has 1 saturated heterocycles. The Morgan fingerprint density at radius 3 is 2.61 bits per heavy atom. The van der Waals surface area contributed by atoms with Crippen LogP contribution in [0.5, 0.6) is 0 Å². The Labute approximate surface area is 111 Å². The second-order valence-corrected chi connectivity index (χ2v) is 4.70. The molecule has 0 aromatic rings. The molecule has 0 radical (unpaired) electrons. The molecule has 1 aliphatic heterocycles. The first kappa shape index (κ1) is 15.8. The first-order valence-electron chi connectivity index (χ1n) is 7.04. The van der Waals surface area contributed by atoms with Gasteiger partial charge in [-0.25, -0.2) is 0 Å². The van der Waals surface area contributed by atoms with Crippen molar-refractivity contribution in [1.82, 2.24) is 20.4 Å². The van der Waals surface area contributed by atoms with Gasteiger partial charge in [-0.1, -0.05) is 0 Å². The van der Waals surface area contributed by atoms with Gasteiger partial charge in [0.2, 0.25) is 0 Å². The average molecular weight is 259 g/mol. The third kappa shape index (κ3) is 7.25. The quantitative estimate of drug-likeness (QED) is 0.332. The minimum Gasteiger partial charge on any atom is -0.395 e. The van der Waals surface area contributed by atoms with Crippen molar-refractivity contribution in [3.05, 3.63) is 0 Å². The highest BCUT2D eigenvalue weighted by molar-refractivity contribution is 4.70. The minimum absolute atomic E-state index is 0.235. The molecule has 108 valence electrons. The molecule has 0 spiro atoms. The summed E-state index contributed by atoms with van der Waals surface area (Å²) in [4.78, 5) is 4.79. The summed E-state index contributed by atoms with van der Waals surface area (Å²) >= 11 is 0. The molecule has 0 unspecified atom stereocenters. The molecule has 0 atom stereocenters. The molecule has 6 heteroatoms. The number of aliphatic hydroxyl groups excluding tert-OH is 1. The molecule has 5 N–H and O–H groups in total. The largest absolute Gasteiger partial charge is 0.395 e. The van der Waals surface area contributed by atoms with E-state index in [1.807, 2.05) is 0 Å². The molecule has 0 aromatic heterocycles. The number of hydrogen-bond acceptors (Lipinski definition) is 6. The first-order valence-corrected chi connectivity index (χ1v) is 7.04. The number of rotatable bonds is 10. The summed E-state index contributed by atoms with van der Waals surface area (Å²) in [7, 11) is 0. The summed E-state index contributed by atoms with van der Waals surface area (Å²) in [6, 6.07) is 0. The van der Waals surface area contributed by atoms with E-state index < -0.39 is 0 Å². The Morgan fingerprint density at radius 2 is 1.94 bits per heavy atom. The van der Waals surface area contributed by atoms with Crippen LogP contribution in [0.25, 0.3) is 0 Å². The van der Waals surface area contributed by atoms with Crippen molar-refractivity contribution in [2.75, 3.05) is 78.6 Å². The number of nitrogens with zero attached hydrogens (tertiary/aromatic N) is 2. The summed E-state index contributed by atoms with van der Waals surface area (Å²) < 4.78 is 0. The highest BCUT2D eigenvalue weighted by atomic mass is 16.3. The van der Waals surface area contributed by atoms with Crippen molar-refractivity contribution < 1.29 is 5.11 Å². The van der Waals surface area contributed by atoms with Crippen LogP contribution in [-0.4, -0.2) is 93.5 Å². The van der Waals surface area contributed by atoms with Gasteiger partial charge in [-0.05, 0) is 0 Å². The van der Waals surface area contributed by atoms with Crippen LogP contribution in [0, 0.1) is 0 Å². The maximum atomic E-state index is 9.07. The Kier molecular flexibility index (Phi) is 9.37. The standard InChI is InChI=1S/C12H29N5O/c13-1-2-14-3-8-17(11-12-18)10-9-16-6-4-15-5-7-16/h14-15,18H,1-13H2. The van der Waals surface area contributed by atoms with E-state index in [9.17, 15) is 0 Å². The van der Waals surface area contributed by atoms with Crippen LogP contribution >= 0.6 is 0 Å². The van der Waals surface area contributed by atoms with E-state index in [0.717, 1.165) is 65.4 Å². The number of hydrogen-bond donors (Lipinski definition) is 4. The summed E-state index contributed by atoms with van der Waals surface area (Å²) in [6.45, 7) is 11.1. The lowest BCUT2D eigenvalue weighted by atomic mass is 10.3. The summed E-state index contributed by atoms with van der Waals surface area (Å²) in [5.41, 5.74) is 5.43. The van der Waals surface area contributed by atoms with E-state index in [-0.39, 0.29) is 6.61 Å². The van der Waals surface area contributed by atoms with Crippen molar-refractivity contribution >= 4 is 0 Å². The van der Waals surface area contributed by atoms with Gasteiger partial charge in [0.25, 0.3) is 0 Å². The number of nitrogens with two attached hydrogens (primary N) is 1. The zero-order valence-electron chi connectivity index (χ0n) is 11.4. The van der Waals surface area contributed by atoms with Gasteiger partial charge in [0.15, 0.2) is 0 Å².